The van der Waals surface area contributed by atoms with Gasteiger partial charge >= 0.3 is 0 Å². The smallest absolute Gasteiger partial charge is 0.0701 e. The van der Waals surface area contributed by atoms with Gasteiger partial charge in [-0.15, -0.1) is 0 Å². The summed E-state index contributed by atoms with van der Waals surface area (Å²) in [6, 6.07) is 0. The number of hydrogen-bond donors (Lipinski definition) is 1. The van der Waals surface area contributed by atoms with Crippen LogP contribution in [0.3, 0.4) is 0 Å². The minimum atomic E-state index is 0.0323. The molecule has 0 spiro atoms. The summed E-state index contributed by atoms with van der Waals surface area (Å²) in [4.78, 5) is 0. The van der Waals surface area contributed by atoms with Gasteiger partial charge in [-0.1, -0.05) is 6.92 Å². The second-order valence-electron chi connectivity index (χ2n) is 6.23. The van der Waals surface area contributed by atoms with Crippen LogP contribution in [0.25, 0.3) is 0 Å². The molecule has 0 aromatic carbocycles. The van der Waals surface area contributed by atoms with Crippen molar-refractivity contribution in [2.45, 2.75) is 13.3 Å². The second-order valence-corrected chi connectivity index (χ2v) is 6.23. The van der Waals surface area contributed by atoms with Crippen molar-refractivity contribution in [3.8, 4) is 0 Å². The van der Waals surface area contributed by atoms with Gasteiger partial charge in [-0.25, -0.2) is 0 Å². The van der Waals surface area contributed by atoms with Crippen LogP contribution in [0.1, 0.15) is 13.3 Å². The first kappa shape index (κ1) is 30.6. The summed E-state index contributed by atoms with van der Waals surface area (Å²) in [5, 5.41) is 8.54. The summed E-state index contributed by atoms with van der Waals surface area (Å²) in [7, 11) is 0. The summed E-state index contributed by atoms with van der Waals surface area (Å²) < 4.78 is 48.1. The highest BCUT2D eigenvalue weighted by Gasteiger charge is 1.95. The molecule has 0 fully saturated rings. The second kappa shape index (κ2) is 29.6. The molecule has 0 saturated heterocycles. The molecule has 0 aromatic rings. The van der Waals surface area contributed by atoms with Crippen molar-refractivity contribution < 1.29 is 47.7 Å². The van der Waals surface area contributed by atoms with E-state index in [2.05, 4.69) is 6.92 Å². The highest BCUT2D eigenvalue weighted by Crippen LogP contribution is 1.86. The Labute approximate surface area is 187 Å². The van der Waals surface area contributed by atoms with Crippen LogP contribution in [0, 0.1) is 0 Å². The Kier molecular flexibility index (Phi) is 29.2. The van der Waals surface area contributed by atoms with Crippen molar-refractivity contribution in [1.29, 1.82) is 0 Å². The third-order valence-corrected chi connectivity index (χ3v) is 3.56. The monoisotopic (exact) mass is 456 g/mol. The molecule has 1 N–H and O–H groups in total. The van der Waals surface area contributed by atoms with E-state index in [0.29, 0.717) is 112 Å². The van der Waals surface area contributed by atoms with Gasteiger partial charge in [0.1, 0.15) is 0 Å². The van der Waals surface area contributed by atoms with Crippen LogP contribution < -0.4 is 0 Å². The van der Waals surface area contributed by atoms with E-state index in [-0.39, 0.29) is 6.61 Å². The summed E-state index contributed by atoms with van der Waals surface area (Å²) in [6.45, 7) is 11.8. The van der Waals surface area contributed by atoms with Crippen LogP contribution in [0.2, 0.25) is 0 Å². The van der Waals surface area contributed by atoms with Gasteiger partial charge in [0, 0.05) is 6.61 Å². The van der Waals surface area contributed by atoms with Gasteiger partial charge in [-0.05, 0) is 6.42 Å². The highest BCUT2D eigenvalue weighted by molar-refractivity contribution is 4.38. The lowest BCUT2D eigenvalue weighted by atomic mass is 10.5. The summed E-state index contributed by atoms with van der Waals surface area (Å²) in [5.74, 6) is 0. The molecule has 0 rings (SSSR count). The van der Waals surface area contributed by atoms with Gasteiger partial charge in [0.15, 0.2) is 0 Å². The Hall–Kier alpha value is -0.400. The molecular formula is C21H44O10. The van der Waals surface area contributed by atoms with Crippen LogP contribution in [0.15, 0.2) is 0 Å². The minimum absolute atomic E-state index is 0.0323. The standard InChI is InChI=1S/C21H44O10/c1-2-4-23-6-8-25-10-12-27-14-16-29-18-20-31-21-19-30-17-15-28-13-11-26-9-7-24-5-3-22/h22H,2-21H2,1H3. The molecule has 31 heavy (non-hydrogen) atoms. The fourth-order valence-corrected chi connectivity index (χ4v) is 2.07. The van der Waals surface area contributed by atoms with Crippen LogP contribution in [-0.2, 0) is 42.6 Å². The molecule has 10 nitrogen and oxygen atoms in total. The molecule has 0 atom stereocenters. The Balaban J connectivity index is 2.98. The van der Waals surface area contributed by atoms with Gasteiger partial charge in [0.2, 0.25) is 0 Å². The minimum Gasteiger partial charge on any atom is -0.394 e. The lowest BCUT2D eigenvalue weighted by molar-refractivity contribution is -0.0255. The third kappa shape index (κ3) is 29.6. The molecule has 0 aliphatic heterocycles. The summed E-state index contributed by atoms with van der Waals surface area (Å²) in [6.07, 6.45) is 1.03. The summed E-state index contributed by atoms with van der Waals surface area (Å²) >= 11 is 0. The van der Waals surface area contributed by atoms with Crippen molar-refractivity contribution in [2.75, 3.05) is 126 Å². The van der Waals surface area contributed by atoms with Gasteiger partial charge in [0.05, 0.1) is 119 Å². The van der Waals surface area contributed by atoms with Gasteiger partial charge in [-0.2, -0.15) is 0 Å². The van der Waals surface area contributed by atoms with Crippen molar-refractivity contribution in [1.82, 2.24) is 0 Å². The molecule has 188 valence electrons. The lowest BCUT2D eigenvalue weighted by Gasteiger charge is -2.08. The average Bonchev–Trinajstić information content (AvgIpc) is 2.78. The lowest BCUT2D eigenvalue weighted by Crippen LogP contribution is -2.15. The molecule has 0 radical (unpaired) electrons. The van der Waals surface area contributed by atoms with Gasteiger partial charge in [0.25, 0.3) is 0 Å². The fraction of sp³-hybridized carbons (Fsp3) is 1.00. The molecule has 0 amide bonds. The van der Waals surface area contributed by atoms with E-state index < -0.39 is 0 Å². The topological polar surface area (TPSA) is 103 Å². The first-order valence-corrected chi connectivity index (χ1v) is 11.2. The molecule has 0 aliphatic carbocycles. The van der Waals surface area contributed by atoms with E-state index in [4.69, 9.17) is 47.7 Å². The Morgan fingerprint density at radius 2 is 0.516 bits per heavy atom. The van der Waals surface area contributed by atoms with Crippen molar-refractivity contribution in [3.63, 3.8) is 0 Å². The van der Waals surface area contributed by atoms with Crippen molar-refractivity contribution >= 4 is 0 Å². The normalized spacial score (nSPS) is 11.4. The van der Waals surface area contributed by atoms with Crippen LogP contribution >= 0.6 is 0 Å². The van der Waals surface area contributed by atoms with Crippen LogP contribution in [-0.4, -0.2) is 131 Å². The zero-order valence-corrected chi connectivity index (χ0v) is 19.3. The number of aliphatic hydroxyl groups is 1. The van der Waals surface area contributed by atoms with Crippen LogP contribution in [0.4, 0.5) is 0 Å². The highest BCUT2D eigenvalue weighted by atomic mass is 16.6. The van der Waals surface area contributed by atoms with E-state index in [9.17, 15) is 0 Å². The zero-order valence-electron chi connectivity index (χ0n) is 19.3. The Bertz CT molecular complexity index is 282. The molecule has 0 unspecified atom stereocenters. The Morgan fingerprint density at radius 3 is 0.710 bits per heavy atom. The number of rotatable bonds is 28. The van der Waals surface area contributed by atoms with E-state index in [1.165, 1.54) is 0 Å². The van der Waals surface area contributed by atoms with Crippen molar-refractivity contribution in [2.24, 2.45) is 0 Å². The predicted molar refractivity (Wildman–Crippen MR) is 115 cm³/mol. The molecule has 0 heterocycles. The molecule has 0 saturated carbocycles. The maximum atomic E-state index is 8.54. The third-order valence-electron chi connectivity index (χ3n) is 3.56. The summed E-state index contributed by atoms with van der Waals surface area (Å²) in [5.41, 5.74) is 0. The van der Waals surface area contributed by atoms with Gasteiger partial charge in [-0.3, -0.25) is 0 Å². The molecule has 0 aromatic heterocycles. The SMILES string of the molecule is CCCOCCOCCOCCOCCOCCOCCOCCOCCOCCO. The van der Waals surface area contributed by atoms with Crippen molar-refractivity contribution in [3.05, 3.63) is 0 Å². The molecule has 0 bridgehead atoms. The molecule has 0 aliphatic rings. The number of hydrogen-bond acceptors (Lipinski definition) is 10. The van der Waals surface area contributed by atoms with Gasteiger partial charge < -0.3 is 47.7 Å². The molecular weight excluding hydrogens is 412 g/mol. The van der Waals surface area contributed by atoms with E-state index >= 15 is 0 Å². The van der Waals surface area contributed by atoms with Crippen LogP contribution in [0.5, 0.6) is 0 Å². The average molecular weight is 457 g/mol. The van der Waals surface area contributed by atoms with E-state index in [1.54, 1.807) is 0 Å². The zero-order chi connectivity index (χ0) is 22.5. The largest absolute Gasteiger partial charge is 0.394 e. The predicted octanol–water partition coefficient (Wildman–Crippen LogP) is 0.538. The quantitative estimate of drug-likeness (QED) is 0.168. The number of aliphatic hydroxyl groups excluding tert-OH is 1. The maximum Gasteiger partial charge on any atom is 0.0701 e. The van der Waals surface area contributed by atoms with E-state index in [1.807, 2.05) is 0 Å². The fourth-order valence-electron chi connectivity index (χ4n) is 2.07. The maximum absolute atomic E-state index is 8.54. The first-order valence-electron chi connectivity index (χ1n) is 11.2. The van der Waals surface area contributed by atoms with E-state index in [0.717, 1.165) is 13.0 Å². The number of ether oxygens (including phenoxy) is 9. The Morgan fingerprint density at radius 1 is 0.323 bits per heavy atom. The molecule has 10 heteroatoms. The first-order chi connectivity index (χ1) is 15.4.